The van der Waals surface area contributed by atoms with Crippen molar-refractivity contribution in [2.45, 2.75) is 19.6 Å². The molecule has 1 aromatic heterocycles. The van der Waals surface area contributed by atoms with Gasteiger partial charge in [-0.05, 0) is 30.7 Å². The van der Waals surface area contributed by atoms with Crippen LogP contribution < -0.4 is 5.56 Å². The Morgan fingerprint density at radius 2 is 2.05 bits per heavy atom. The molecule has 0 saturated heterocycles. The van der Waals surface area contributed by atoms with Gasteiger partial charge in [-0.3, -0.25) is 9.36 Å². The number of aryl methyl sites for hydroxylation is 1. The van der Waals surface area contributed by atoms with Gasteiger partial charge in [0.15, 0.2) is 0 Å². The number of nitrogens with zero attached hydrogens (tertiary/aromatic N) is 2. The summed E-state index contributed by atoms with van der Waals surface area (Å²) in [4.78, 5) is 17.3. The molecule has 1 aliphatic heterocycles. The number of fused-ring (bicyclic) bond motifs is 4. The smallest absolute Gasteiger partial charge is 0.263 e. The number of benzene rings is 2. The average Bonchev–Trinajstić information content (AvgIpc) is 2.48. The van der Waals surface area contributed by atoms with Crippen LogP contribution in [0.15, 0.2) is 47.3 Å². The zero-order valence-electron chi connectivity index (χ0n) is 11.6. The highest BCUT2D eigenvalue weighted by Gasteiger charge is 2.25. The summed E-state index contributed by atoms with van der Waals surface area (Å²) in [5.41, 5.74) is 3.54. The lowest BCUT2D eigenvalue weighted by Crippen LogP contribution is -2.31. The Morgan fingerprint density at radius 1 is 1.24 bits per heavy atom. The van der Waals surface area contributed by atoms with Crippen molar-refractivity contribution in [2.24, 2.45) is 0 Å². The van der Waals surface area contributed by atoms with Crippen LogP contribution in [-0.4, -0.2) is 14.7 Å². The van der Waals surface area contributed by atoms with Crippen LogP contribution in [0, 0.1) is 6.92 Å². The van der Waals surface area contributed by atoms with Gasteiger partial charge in [0.2, 0.25) is 0 Å². The van der Waals surface area contributed by atoms with Crippen molar-refractivity contribution >= 4 is 10.9 Å². The maximum absolute atomic E-state index is 12.6. The van der Waals surface area contributed by atoms with E-state index < -0.39 is 6.23 Å². The molecule has 4 rings (SSSR count). The summed E-state index contributed by atoms with van der Waals surface area (Å²) in [5.74, 6) is 0.552. The molecule has 1 aliphatic rings. The second-order valence-corrected chi connectivity index (χ2v) is 5.47. The summed E-state index contributed by atoms with van der Waals surface area (Å²) in [6.45, 7) is 2.01. The van der Waals surface area contributed by atoms with Crippen LogP contribution in [0.3, 0.4) is 0 Å². The van der Waals surface area contributed by atoms with Gasteiger partial charge in [-0.15, -0.1) is 0 Å². The minimum Gasteiger partial charge on any atom is -0.373 e. The summed E-state index contributed by atoms with van der Waals surface area (Å²) in [6, 6.07) is 13.3. The molecule has 0 radical (unpaired) electrons. The van der Waals surface area contributed by atoms with Gasteiger partial charge in [0.25, 0.3) is 5.56 Å². The normalized spacial score (nSPS) is 16.6. The molecule has 0 saturated carbocycles. The summed E-state index contributed by atoms with van der Waals surface area (Å²) in [6.07, 6.45) is -0.428. The zero-order chi connectivity index (χ0) is 14.6. The van der Waals surface area contributed by atoms with E-state index in [1.54, 1.807) is 6.07 Å². The largest absolute Gasteiger partial charge is 0.373 e. The van der Waals surface area contributed by atoms with Crippen LogP contribution in [0.1, 0.15) is 17.4 Å². The predicted molar refractivity (Wildman–Crippen MR) is 81.1 cm³/mol. The molecule has 0 spiro atoms. The van der Waals surface area contributed by atoms with Crippen LogP contribution in [0.4, 0.5) is 0 Å². The van der Waals surface area contributed by atoms with Gasteiger partial charge in [0, 0.05) is 12.0 Å². The molecule has 1 unspecified atom stereocenters. The SMILES string of the molecule is Cc1ccc2c(c1)-c1nc3ccccc3c(=O)n1C(O)C2. The molecule has 2 heterocycles. The van der Waals surface area contributed by atoms with Crippen molar-refractivity contribution in [1.82, 2.24) is 9.55 Å². The highest BCUT2D eigenvalue weighted by molar-refractivity contribution is 5.80. The molecule has 0 amide bonds. The fourth-order valence-electron chi connectivity index (χ4n) is 2.98. The fraction of sp³-hybridized carbons (Fsp3) is 0.176. The standard InChI is InChI=1S/C17H14N2O2/c1-10-6-7-11-9-15(20)19-16(13(11)8-10)18-14-5-3-2-4-12(14)17(19)21/h2-8,15,20H,9H2,1H3. The highest BCUT2D eigenvalue weighted by atomic mass is 16.3. The van der Waals surface area contributed by atoms with Crippen molar-refractivity contribution in [3.05, 3.63) is 63.9 Å². The van der Waals surface area contributed by atoms with E-state index in [1.165, 1.54) is 4.57 Å². The second-order valence-electron chi connectivity index (χ2n) is 5.47. The summed E-state index contributed by atoms with van der Waals surface area (Å²) in [5, 5.41) is 10.9. The molecule has 0 aliphatic carbocycles. The topological polar surface area (TPSA) is 55.1 Å². The Labute approximate surface area is 121 Å². The fourth-order valence-corrected chi connectivity index (χ4v) is 2.98. The number of aliphatic hydroxyl groups excluding tert-OH is 1. The molecule has 1 N–H and O–H groups in total. The van der Waals surface area contributed by atoms with Crippen molar-refractivity contribution < 1.29 is 5.11 Å². The van der Waals surface area contributed by atoms with Gasteiger partial charge >= 0.3 is 0 Å². The number of hydrogen-bond donors (Lipinski definition) is 1. The lowest BCUT2D eigenvalue weighted by atomic mass is 9.97. The first-order valence-corrected chi connectivity index (χ1v) is 6.94. The van der Waals surface area contributed by atoms with E-state index in [2.05, 4.69) is 4.98 Å². The van der Waals surface area contributed by atoms with Crippen molar-refractivity contribution in [2.75, 3.05) is 0 Å². The van der Waals surface area contributed by atoms with Crippen LogP contribution in [0.25, 0.3) is 22.3 Å². The first-order chi connectivity index (χ1) is 10.1. The molecule has 0 bridgehead atoms. The van der Waals surface area contributed by atoms with E-state index in [4.69, 9.17) is 0 Å². The van der Waals surface area contributed by atoms with E-state index in [-0.39, 0.29) is 5.56 Å². The molecular formula is C17H14N2O2. The second kappa shape index (κ2) is 4.27. The van der Waals surface area contributed by atoms with E-state index in [1.807, 2.05) is 43.3 Å². The van der Waals surface area contributed by atoms with Gasteiger partial charge in [-0.1, -0.05) is 29.8 Å². The molecular weight excluding hydrogens is 264 g/mol. The Balaban J connectivity index is 2.15. The van der Waals surface area contributed by atoms with Crippen LogP contribution in [0.2, 0.25) is 0 Å². The van der Waals surface area contributed by atoms with E-state index >= 15 is 0 Å². The summed E-state index contributed by atoms with van der Waals surface area (Å²) >= 11 is 0. The molecule has 3 aromatic rings. The number of hydrogen-bond acceptors (Lipinski definition) is 3. The molecule has 4 nitrogen and oxygen atoms in total. The first kappa shape index (κ1) is 12.3. The number of para-hydroxylation sites is 1. The van der Waals surface area contributed by atoms with Gasteiger partial charge in [0.1, 0.15) is 12.1 Å². The monoisotopic (exact) mass is 278 g/mol. The lowest BCUT2D eigenvalue weighted by molar-refractivity contribution is 0.0988. The minimum atomic E-state index is -0.861. The Morgan fingerprint density at radius 3 is 2.90 bits per heavy atom. The Hall–Kier alpha value is -2.46. The van der Waals surface area contributed by atoms with Gasteiger partial charge in [-0.25, -0.2) is 4.98 Å². The number of aliphatic hydroxyl groups is 1. The van der Waals surface area contributed by atoms with Crippen LogP contribution in [0.5, 0.6) is 0 Å². The molecule has 2 aromatic carbocycles. The van der Waals surface area contributed by atoms with Crippen molar-refractivity contribution in [3.8, 4) is 11.4 Å². The molecule has 4 heteroatoms. The number of rotatable bonds is 0. The highest BCUT2D eigenvalue weighted by Crippen LogP contribution is 2.32. The molecule has 104 valence electrons. The van der Waals surface area contributed by atoms with Crippen molar-refractivity contribution in [1.29, 1.82) is 0 Å². The quantitative estimate of drug-likeness (QED) is 0.687. The summed E-state index contributed by atoms with van der Waals surface area (Å²) in [7, 11) is 0. The van der Waals surface area contributed by atoms with E-state index in [0.717, 1.165) is 16.7 Å². The molecule has 1 atom stereocenters. The lowest BCUT2D eigenvalue weighted by Gasteiger charge is -2.26. The van der Waals surface area contributed by atoms with E-state index in [0.29, 0.717) is 23.1 Å². The first-order valence-electron chi connectivity index (χ1n) is 6.94. The maximum Gasteiger partial charge on any atom is 0.263 e. The van der Waals surface area contributed by atoms with Gasteiger partial charge in [0.05, 0.1) is 10.9 Å². The van der Waals surface area contributed by atoms with Crippen molar-refractivity contribution in [3.63, 3.8) is 0 Å². The van der Waals surface area contributed by atoms with Gasteiger partial charge in [-0.2, -0.15) is 0 Å². The van der Waals surface area contributed by atoms with Crippen LogP contribution >= 0.6 is 0 Å². The Bertz CT molecular complexity index is 928. The predicted octanol–water partition coefficient (Wildman–Crippen LogP) is 2.42. The third kappa shape index (κ3) is 1.73. The van der Waals surface area contributed by atoms with E-state index in [9.17, 15) is 9.90 Å². The maximum atomic E-state index is 12.6. The zero-order valence-corrected chi connectivity index (χ0v) is 11.6. The molecule has 0 fully saturated rings. The number of aromatic nitrogens is 2. The average molecular weight is 278 g/mol. The third-order valence-corrected chi connectivity index (χ3v) is 4.01. The summed E-state index contributed by atoms with van der Waals surface area (Å²) < 4.78 is 1.41. The molecule has 21 heavy (non-hydrogen) atoms. The minimum absolute atomic E-state index is 0.185. The van der Waals surface area contributed by atoms with Gasteiger partial charge < -0.3 is 5.11 Å². The Kier molecular flexibility index (Phi) is 2.50. The third-order valence-electron chi connectivity index (χ3n) is 4.01. The van der Waals surface area contributed by atoms with Crippen LogP contribution in [-0.2, 0) is 6.42 Å².